The van der Waals surface area contributed by atoms with Crippen LogP contribution in [-0.4, -0.2) is 31.4 Å². The van der Waals surface area contributed by atoms with Crippen LogP contribution in [0.1, 0.15) is 40.0 Å². The first-order valence-electron chi connectivity index (χ1n) is 9.81. The molecule has 0 aromatic heterocycles. The molecule has 0 spiro atoms. The highest BCUT2D eigenvalue weighted by molar-refractivity contribution is 7.98. The number of anilines is 1. The van der Waals surface area contributed by atoms with Gasteiger partial charge in [-0.05, 0) is 50.3 Å². The molecule has 0 bridgehead atoms. The molecule has 0 atom stereocenters. The van der Waals surface area contributed by atoms with Gasteiger partial charge in [0.1, 0.15) is 11.5 Å². The summed E-state index contributed by atoms with van der Waals surface area (Å²) in [5.74, 6) is -0.749. The third-order valence-corrected chi connectivity index (χ3v) is 5.26. The van der Waals surface area contributed by atoms with Gasteiger partial charge in [-0.25, -0.2) is 0 Å². The summed E-state index contributed by atoms with van der Waals surface area (Å²) < 4.78 is 39.7. The fourth-order valence-corrected chi connectivity index (χ4v) is 3.34. The van der Waals surface area contributed by atoms with E-state index >= 15 is 0 Å². The van der Waals surface area contributed by atoms with Gasteiger partial charge in [0.05, 0.1) is 5.57 Å². The van der Waals surface area contributed by atoms with Crippen LogP contribution >= 0.6 is 11.8 Å². The molecule has 0 aliphatic carbocycles. The molecular weight excluding hydrogens is 413 g/mol. The van der Waals surface area contributed by atoms with Crippen LogP contribution in [0.4, 0.5) is 18.9 Å². The average Bonchev–Trinajstić information content (AvgIpc) is 2.70. The Kier molecular flexibility index (Phi) is 10.1. The Labute approximate surface area is 180 Å². The van der Waals surface area contributed by atoms with E-state index in [0.717, 1.165) is 17.7 Å². The number of nitrogens with two attached hydrogens (primary N) is 2. The van der Waals surface area contributed by atoms with Gasteiger partial charge in [0, 0.05) is 23.7 Å². The largest absolute Gasteiger partial charge is 0.430 e. The number of rotatable bonds is 10. The summed E-state index contributed by atoms with van der Waals surface area (Å²) in [4.78, 5) is 15.9. The fourth-order valence-electron chi connectivity index (χ4n) is 2.88. The van der Waals surface area contributed by atoms with Crippen molar-refractivity contribution in [2.45, 2.75) is 51.1 Å². The molecular formula is C21H31F3N4OS. The van der Waals surface area contributed by atoms with Crippen molar-refractivity contribution in [1.29, 1.82) is 0 Å². The maximum absolute atomic E-state index is 13.5. The normalized spacial score (nSPS) is 13.4. The molecule has 1 amide bonds. The van der Waals surface area contributed by atoms with E-state index in [1.807, 2.05) is 31.4 Å². The molecule has 1 rings (SSSR count). The Hall–Kier alpha value is -2.29. The lowest BCUT2D eigenvalue weighted by Gasteiger charge is -2.26. The lowest BCUT2D eigenvalue weighted by atomic mass is 10.0. The zero-order valence-electron chi connectivity index (χ0n) is 17.9. The fraction of sp³-hybridized carbons (Fsp3) is 0.476. The summed E-state index contributed by atoms with van der Waals surface area (Å²) in [7, 11) is 0. The van der Waals surface area contributed by atoms with Crippen LogP contribution in [0.5, 0.6) is 0 Å². The van der Waals surface area contributed by atoms with E-state index in [0.29, 0.717) is 25.2 Å². The molecule has 0 fully saturated rings. The number of unbranched alkanes of at least 4 members (excludes halogenated alkanes) is 2. The Morgan fingerprint density at radius 3 is 2.40 bits per heavy atom. The third kappa shape index (κ3) is 6.90. The van der Waals surface area contributed by atoms with Crippen LogP contribution in [0.15, 0.2) is 51.8 Å². The predicted octanol–water partition coefficient (Wildman–Crippen LogP) is 4.51. The van der Waals surface area contributed by atoms with Crippen molar-refractivity contribution in [2.24, 2.45) is 11.5 Å². The first-order chi connectivity index (χ1) is 14.1. The number of nitrogens with one attached hydrogen (secondary N) is 1. The summed E-state index contributed by atoms with van der Waals surface area (Å²) in [6.07, 6.45) is -0.332. The van der Waals surface area contributed by atoms with Gasteiger partial charge in [-0.1, -0.05) is 25.8 Å². The van der Waals surface area contributed by atoms with E-state index in [-0.39, 0.29) is 11.4 Å². The zero-order chi connectivity index (χ0) is 22.9. The number of carbonyl (C=O) groups excluding carboxylic acids is 1. The SMILES string of the molecule is CCCCCN(C(=O)C(=C(/N)NCC)/C(C)=C(\N)C(F)(F)F)c1cccc(SC)c1. The van der Waals surface area contributed by atoms with Crippen molar-refractivity contribution in [2.75, 3.05) is 24.2 Å². The summed E-state index contributed by atoms with van der Waals surface area (Å²) in [6.45, 7) is 5.64. The molecule has 168 valence electrons. The van der Waals surface area contributed by atoms with Crippen molar-refractivity contribution in [3.8, 4) is 0 Å². The molecule has 5 N–H and O–H groups in total. The standard InChI is InChI=1S/C21H31F3N4OS/c1-5-7-8-12-28(15-10-9-11-16(13-15)30-4)20(29)17(19(26)27-6-2)14(3)18(25)21(22,23)24/h9-11,13,27H,5-8,12,25-26H2,1-4H3/b18-14-,19-17-. The molecule has 0 aliphatic heterocycles. The molecule has 0 aliphatic rings. The minimum atomic E-state index is -4.77. The number of hydrogen-bond donors (Lipinski definition) is 3. The van der Waals surface area contributed by atoms with Crippen LogP contribution in [-0.2, 0) is 4.79 Å². The molecule has 1 aromatic rings. The van der Waals surface area contributed by atoms with E-state index in [9.17, 15) is 18.0 Å². The van der Waals surface area contributed by atoms with Gasteiger partial charge in [-0.2, -0.15) is 13.2 Å². The van der Waals surface area contributed by atoms with Crippen molar-refractivity contribution in [1.82, 2.24) is 5.32 Å². The molecule has 0 saturated carbocycles. The Balaban J connectivity index is 3.56. The van der Waals surface area contributed by atoms with Crippen LogP contribution < -0.4 is 21.7 Å². The Morgan fingerprint density at radius 2 is 1.87 bits per heavy atom. The second kappa shape index (κ2) is 11.8. The minimum absolute atomic E-state index is 0.131. The van der Waals surface area contributed by atoms with Gasteiger partial charge in [0.25, 0.3) is 5.91 Å². The van der Waals surface area contributed by atoms with Gasteiger partial charge in [0.2, 0.25) is 0 Å². The molecule has 9 heteroatoms. The molecule has 5 nitrogen and oxygen atoms in total. The third-order valence-electron chi connectivity index (χ3n) is 4.53. The van der Waals surface area contributed by atoms with Crippen molar-refractivity contribution in [3.05, 3.63) is 46.9 Å². The van der Waals surface area contributed by atoms with Gasteiger partial charge in [-0.3, -0.25) is 4.79 Å². The minimum Gasteiger partial charge on any atom is -0.394 e. The molecule has 0 saturated heterocycles. The number of allylic oxidation sites excluding steroid dienone is 1. The van der Waals surface area contributed by atoms with E-state index in [4.69, 9.17) is 11.5 Å². The predicted molar refractivity (Wildman–Crippen MR) is 118 cm³/mol. The Morgan fingerprint density at radius 1 is 1.20 bits per heavy atom. The molecule has 0 unspecified atom stereocenters. The second-order valence-electron chi connectivity index (χ2n) is 6.72. The number of benzene rings is 1. The highest BCUT2D eigenvalue weighted by atomic mass is 32.2. The number of hydrogen-bond acceptors (Lipinski definition) is 5. The number of alkyl halides is 3. The first-order valence-corrected chi connectivity index (χ1v) is 11.0. The number of thioether (sulfide) groups is 1. The highest BCUT2D eigenvalue weighted by Crippen LogP contribution is 2.30. The van der Waals surface area contributed by atoms with Gasteiger partial charge >= 0.3 is 6.18 Å². The van der Waals surface area contributed by atoms with Crippen LogP contribution in [0.3, 0.4) is 0 Å². The van der Waals surface area contributed by atoms with Gasteiger partial charge in [0.15, 0.2) is 0 Å². The Bertz CT molecular complexity index is 791. The molecule has 0 heterocycles. The van der Waals surface area contributed by atoms with Gasteiger partial charge < -0.3 is 21.7 Å². The van der Waals surface area contributed by atoms with Crippen LogP contribution in [0.2, 0.25) is 0 Å². The molecule has 0 radical (unpaired) electrons. The highest BCUT2D eigenvalue weighted by Gasteiger charge is 2.36. The number of amides is 1. The maximum atomic E-state index is 13.5. The monoisotopic (exact) mass is 444 g/mol. The van der Waals surface area contributed by atoms with E-state index < -0.39 is 23.4 Å². The van der Waals surface area contributed by atoms with Crippen molar-refractivity contribution >= 4 is 23.4 Å². The maximum Gasteiger partial charge on any atom is 0.430 e. The quantitative estimate of drug-likeness (QED) is 0.214. The number of carbonyl (C=O) groups is 1. The van der Waals surface area contributed by atoms with Crippen LogP contribution in [0, 0.1) is 0 Å². The van der Waals surface area contributed by atoms with E-state index in [2.05, 4.69) is 5.32 Å². The van der Waals surface area contributed by atoms with Crippen molar-refractivity contribution in [3.63, 3.8) is 0 Å². The zero-order valence-corrected chi connectivity index (χ0v) is 18.7. The second-order valence-corrected chi connectivity index (χ2v) is 7.60. The van der Waals surface area contributed by atoms with Gasteiger partial charge in [-0.15, -0.1) is 11.8 Å². The first kappa shape index (κ1) is 25.7. The number of halogens is 3. The molecule has 1 aromatic carbocycles. The summed E-state index contributed by atoms with van der Waals surface area (Å²) in [5, 5.41) is 2.76. The smallest absolute Gasteiger partial charge is 0.394 e. The molecule has 30 heavy (non-hydrogen) atoms. The summed E-state index contributed by atoms with van der Waals surface area (Å²) in [6, 6.07) is 7.31. The topological polar surface area (TPSA) is 84.4 Å². The number of nitrogens with zero attached hydrogens (tertiary/aromatic N) is 1. The lowest BCUT2D eigenvalue weighted by Crippen LogP contribution is -2.38. The average molecular weight is 445 g/mol. The summed E-state index contributed by atoms with van der Waals surface area (Å²) in [5.41, 5.74) is 9.94. The van der Waals surface area contributed by atoms with E-state index in [1.165, 1.54) is 23.6 Å². The lowest BCUT2D eigenvalue weighted by molar-refractivity contribution is -0.115. The summed E-state index contributed by atoms with van der Waals surface area (Å²) >= 11 is 1.51. The van der Waals surface area contributed by atoms with Crippen LogP contribution in [0.25, 0.3) is 0 Å². The van der Waals surface area contributed by atoms with Crippen molar-refractivity contribution < 1.29 is 18.0 Å². The van der Waals surface area contributed by atoms with E-state index in [1.54, 1.807) is 13.0 Å².